The molecule has 3 aromatic rings. The van der Waals surface area contributed by atoms with Crippen LogP contribution in [0.2, 0.25) is 0 Å². The zero-order valence-corrected chi connectivity index (χ0v) is 13.1. The SMILES string of the molecule is COc1cccc(-c2noc(COc3ccccc3C(F)(F)F)n2)c1. The molecule has 0 saturated carbocycles. The summed E-state index contributed by atoms with van der Waals surface area (Å²) in [6, 6.07) is 11.9. The molecule has 5 nitrogen and oxygen atoms in total. The molecular formula is C17H13F3N2O3. The largest absolute Gasteiger partial charge is 0.497 e. The van der Waals surface area contributed by atoms with E-state index in [2.05, 4.69) is 10.1 Å². The molecule has 0 aliphatic carbocycles. The number of hydrogen-bond acceptors (Lipinski definition) is 5. The average Bonchev–Trinajstić information content (AvgIpc) is 3.08. The summed E-state index contributed by atoms with van der Waals surface area (Å²) < 4.78 is 54.1. The highest BCUT2D eigenvalue weighted by molar-refractivity contribution is 5.56. The second kappa shape index (κ2) is 6.84. The Morgan fingerprint density at radius 1 is 1.08 bits per heavy atom. The molecule has 1 aromatic heterocycles. The number of para-hydroxylation sites is 1. The fraction of sp³-hybridized carbons (Fsp3) is 0.176. The second-order valence-electron chi connectivity index (χ2n) is 5.03. The van der Waals surface area contributed by atoms with Crippen molar-refractivity contribution in [3.63, 3.8) is 0 Å². The van der Waals surface area contributed by atoms with Crippen molar-refractivity contribution in [3.8, 4) is 22.9 Å². The van der Waals surface area contributed by atoms with Crippen LogP contribution < -0.4 is 9.47 Å². The van der Waals surface area contributed by atoms with Gasteiger partial charge in [-0.25, -0.2) is 0 Å². The van der Waals surface area contributed by atoms with Crippen molar-refractivity contribution in [1.29, 1.82) is 0 Å². The van der Waals surface area contributed by atoms with Gasteiger partial charge in [-0.3, -0.25) is 0 Å². The van der Waals surface area contributed by atoms with Crippen LogP contribution in [0.15, 0.2) is 53.1 Å². The summed E-state index contributed by atoms with van der Waals surface area (Å²) in [5, 5.41) is 3.80. The Kier molecular flexibility index (Phi) is 4.60. The van der Waals surface area contributed by atoms with Crippen LogP contribution in [-0.2, 0) is 12.8 Å². The van der Waals surface area contributed by atoms with Crippen LogP contribution >= 0.6 is 0 Å². The Hall–Kier alpha value is -3.03. The van der Waals surface area contributed by atoms with E-state index in [-0.39, 0.29) is 18.2 Å². The molecule has 0 bridgehead atoms. The third-order valence-corrected chi connectivity index (χ3v) is 3.34. The minimum Gasteiger partial charge on any atom is -0.497 e. The molecule has 25 heavy (non-hydrogen) atoms. The first-order chi connectivity index (χ1) is 12.0. The lowest BCUT2D eigenvalue weighted by Crippen LogP contribution is -2.08. The molecule has 8 heteroatoms. The van der Waals surface area contributed by atoms with Crippen molar-refractivity contribution in [3.05, 3.63) is 60.0 Å². The zero-order chi connectivity index (χ0) is 17.9. The Balaban J connectivity index is 1.75. The minimum atomic E-state index is -4.50. The number of aromatic nitrogens is 2. The predicted molar refractivity (Wildman–Crippen MR) is 82.1 cm³/mol. The number of alkyl halides is 3. The summed E-state index contributed by atoms with van der Waals surface area (Å²) in [6.45, 7) is -0.274. The molecule has 130 valence electrons. The highest BCUT2D eigenvalue weighted by atomic mass is 19.4. The van der Waals surface area contributed by atoms with E-state index in [0.29, 0.717) is 17.1 Å². The Labute approximate surface area is 141 Å². The molecule has 0 saturated heterocycles. The Bertz CT molecular complexity index is 862. The summed E-state index contributed by atoms with van der Waals surface area (Å²) in [5.41, 5.74) is -0.201. The number of methoxy groups -OCH3 is 1. The number of benzene rings is 2. The molecule has 0 fully saturated rings. The van der Waals surface area contributed by atoms with E-state index in [4.69, 9.17) is 14.0 Å². The molecule has 2 aromatic carbocycles. The lowest BCUT2D eigenvalue weighted by molar-refractivity contribution is -0.139. The van der Waals surface area contributed by atoms with Gasteiger partial charge in [0.05, 0.1) is 12.7 Å². The molecule has 0 amide bonds. The third kappa shape index (κ3) is 3.90. The number of hydrogen-bond donors (Lipinski definition) is 0. The van der Waals surface area contributed by atoms with Gasteiger partial charge in [-0.05, 0) is 24.3 Å². The molecule has 1 heterocycles. The fourth-order valence-corrected chi connectivity index (χ4v) is 2.16. The topological polar surface area (TPSA) is 57.4 Å². The summed E-state index contributed by atoms with van der Waals surface area (Å²) in [4.78, 5) is 4.12. The van der Waals surface area contributed by atoms with Crippen LogP contribution in [0.5, 0.6) is 11.5 Å². The lowest BCUT2D eigenvalue weighted by Gasteiger charge is -2.12. The average molecular weight is 350 g/mol. The highest BCUT2D eigenvalue weighted by Gasteiger charge is 2.34. The summed E-state index contributed by atoms with van der Waals surface area (Å²) in [7, 11) is 1.53. The van der Waals surface area contributed by atoms with Gasteiger partial charge in [0.15, 0.2) is 6.61 Å². The van der Waals surface area contributed by atoms with Gasteiger partial charge in [-0.15, -0.1) is 0 Å². The molecule has 0 atom stereocenters. The van der Waals surface area contributed by atoms with Crippen molar-refractivity contribution < 1.29 is 27.2 Å². The number of ether oxygens (including phenoxy) is 2. The summed E-state index contributed by atoms with van der Waals surface area (Å²) in [6.07, 6.45) is -4.50. The van der Waals surface area contributed by atoms with Gasteiger partial charge in [-0.2, -0.15) is 18.2 Å². The molecule has 0 aliphatic heterocycles. The third-order valence-electron chi connectivity index (χ3n) is 3.34. The number of halogens is 3. The van der Waals surface area contributed by atoms with Crippen LogP contribution in [0.25, 0.3) is 11.4 Å². The smallest absolute Gasteiger partial charge is 0.419 e. The van der Waals surface area contributed by atoms with E-state index in [0.717, 1.165) is 6.07 Å². The monoisotopic (exact) mass is 350 g/mol. The molecule has 0 unspecified atom stereocenters. The van der Waals surface area contributed by atoms with E-state index in [1.165, 1.54) is 25.3 Å². The van der Waals surface area contributed by atoms with Crippen molar-refractivity contribution in [1.82, 2.24) is 10.1 Å². The van der Waals surface area contributed by atoms with Gasteiger partial charge in [0.25, 0.3) is 5.89 Å². The van der Waals surface area contributed by atoms with Crippen LogP contribution in [0.3, 0.4) is 0 Å². The number of rotatable bonds is 5. The zero-order valence-electron chi connectivity index (χ0n) is 13.1. The van der Waals surface area contributed by atoms with Crippen molar-refractivity contribution in [2.75, 3.05) is 7.11 Å². The van der Waals surface area contributed by atoms with Gasteiger partial charge in [-0.1, -0.05) is 29.4 Å². The Morgan fingerprint density at radius 3 is 2.64 bits per heavy atom. The second-order valence-corrected chi connectivity index (χ2v) is 5.03. The van der Waals surface area contributed by atoms with Gasteiger partial charge < -0.3 is 14.0 Å². The maximum Gasteiger partial charge on any atom is 0.419 e. The van der Waals surface area contributed by atoms with E-state index in [9.17, 15) is 13.2 Å². The van der Waals surface area contributed by atoms with Gasteiger partial charge >= 0.3 is 6.18 Å². The predicted octanol–water partition coefficient (Wildman–Crippen LogP) is 4.34. The van der Waals surface area contributed by atoms with E-state index in [1.54, 1.807) is 24.3 Å². The van der Waals surface area contributed by atoms with Gasteiger partial charge in [0, 0.05) is 5.56 Å². The lowest BCUT2D eigenvalue weighted by atomic mass is 10.2. The minimum absolute atomic E-state index is 0.0646. The van der Waals surface area contributed by atoms with Crippen LogP contribution in [0.1, 0.15) is 11.5 Å². The molecular weight excluding hydrogens is 337 g/mol. The fourth-order valence-electron chi connectivity index (χ4n) is 2.16. The van der Waals surface area contributed by atoms with E-state index >= 15 is 0 Å². The quantitative estimate of drug-likeness (QED) is 0.685. The molecule has 0 spiro atoms. The Morgan fingerprint density at radius 2 is 1.88 bits per heavy atom. The first-order valence-electron chi connectivity index (χ1n) is 7.23. The maximum atomic E-state index is 12.9. The van der Waals surface area contributed by atoms with Gasteiger partial charge in [0.1, 0.15) is 11.5 Å². The van der Waals surface area contributed by atoms with Crippen LogP contribution in [-0.4, -0.2) is 17.3 Å². The van der Waals surface area contributed by atoms with Crippen molar-refractivity contribution in [2.24, 2.45) is 0 Å². The van der Waals surface area contributed by atoms with E-state index in [1.807, 2.05) is 0 Å². The van der Waals surface area contributed by atoms with E-state index < -0.39 is 11.7 Å². The van der Waals surface area contributed by atoms with Crippen LogP contribution in [0.4, 0.5) is 13.2 Å². The molecule has 0 N–H and O–H groups in total. The molecule has 3 rings (SSSR count). The normalized spacial score (nSPS) is 11.4. The van der Waals surface area contributed by atoms with Crippen LogP contribution in [0, 0.1) is 0 Å². The summed E-state index contributed by atoms with van der Waals surface area (Å²) in [5.74, 6) is 0.687. The molecule has 0 radical (unpaired) electrons. The van der Waals surface area contributed by atoms with Gasteiger partial charge in [0.2, 0.25) is 5.82 Å². The first kappa shape index (κ1) is 16.8. The maximum absolute atomic E-state index is 12.9. The van der Waals surface area contributed by atoms with Crippen molar-refractivity contribution >= 4 is 0 Å². The number of nitrogens with zero attached hydrogens (tertiary/aromatic N) is 2. The molecule has 0 aliphatic rings. The first-order valence-corrected chi connectivity index (χ1v) is 7.23. The van der Waals surface area contributed by atoms with Crippen molar-refractivity contribution in [2.45, 2.75) is 12.8 Å². The highest BCUT2D eigenvalue weighted by Crippen LogP contribution is 2.36. The summed E-state index contributed by atoms with van der Waals surface area (Å²) >= 11 is 0. The standard InChI is InChI=1S/C17H13F3N2O3/c1-23-12-6-4-5-11(9-12)16-21-15(25-22-16)10-24-14-8-3-2-7-13(14)17(18,19)20/h2-9H,10H2,1H3.